The van der Waals surface area contributed by atoms with Gasteiger partial charge in [-0.3, -0.25) is 4.79 Å². The van der Waals surface area contributed by atoms with Gasteiger partial charge in [-0.2, -0.15) is 0 Å². The average molecular weight is 993 g/mol. The van der Waals surface area contributed by atoms with E-state index < -0.39 is 12.1 Å². The minimum atomic E-state index is -0.886. The number of aliphatic hydroxyl groups excluding tert-OH is 2. The Labute approximate surface area is 446 Å². The van der Waals surface area contributed by atoms with Crippen LogP contribution in [0.1, 0.15) is 258 Å². The van der Waals surface area contributed by atoms with Crippen LogP contribution in [-0.2, 0) is 4.79 Å². The molecule has 4 nitrogen and oxygen atoms in total. The molecule has 408 valence electrons. The van der Waals surface area contributed by atoms with Gasteiger partial charge in [0.25, 0.3) is 0 Å². The predicted molar refractivity (Wildman–Crippen MR) is 321 cm³/mol. The number of hydrogen-bond acceptors (Lipinski definition) is 3. The Morgan fingerprint density at radius 1 is 0.347 bits per heavy atom. The van der Waals surface area contributed by atoms with Crippen molar-refractivity contribution in [2.75, 3.05) is 6.61 Å². The van der Waals surface area contributed by atoms with Gasteiger partial charge in [0.05, 0.1) is 18.8 Å². The molecular weight excluding hydrogens is 879 g/mol. The average Bonchev–Trinajstić information content (AvgIpc) is 3.39. The highest BCUT2D eigenvalue weighted by molar-refractivity contribution is 5.76. The van der Waals surface area contributed by atoms with Crippen molar-refractivity contribution < 1.29 is 15.0 Å². The van der Waals surface area contributed by atoms with Gasteiger partial charge in [0.1, 0.15) is 0 Å². The molecule has 2 unspecified atom stereocenters. The maximum atomic E-state index is 12.5. The first-order valence-electron chi connectivity index (χ1n) is 30.0. The third-order valence-electron chi connectivity index (χ3n) is 12.8. The molecule has 0 spiro atoms. The van der Waals surface area contributed by atoms with E-state index in [1.165, 1.54) is 122 Å². The highest BCUT2D eigenvalue weighted by Crippen LogP contribution is 2.15. The Balaban J connectivity index is 3.69. The summed E-state index contributed by atoms with van der Waals surface area (Å²) in [5, 5.41) is 23.2. The molecule has 1 amide bonds. The lowest BCUT2D eigenvalue weighted by Crippen LogP contribution is -2.45. The number of allylic oxidation sites excluding steroid dienone is 23. The Morgan fingerprint density at radius 2 is 0.625 bits per heavy atom. The Kier molecular flexibility index (Phi) is 58.4. The molecule has 0 aromatic heterocycles. The molecule has 0 heterocycles. The number of carbonyl (C=O) groups is 1. The van der Waals surface area contributed by atoms with Crippen LogP contribution in [0.4, 0.5) is 0 Å². The third-order valence-corrected chi connectivity index (χ3v) is 12.8. The monoisotopic (exact) mass is 992 g/mol. The van der Waals surface area contributed by atoms with Gasteiger partial charge < -0.3 is 15.5 Å². The zero-order valence-corrected chi connectivity index (χ0v) is 46.9. The van der Waals surface area contributed by atoms with Crippen molar-refractivity contribution in [3.8, 4) is 0 Å². The lowest BCUT2D eigenvalue weighted by atomic mass is 10.0. The number of carbonyl (C=O) groups excluding carboxylic acids is 1. The highest BCUT2D eigenvalue weighted by Gasteiger charge is 2.17. The molecule has 0 bridgehead atoms. The van der Waals surface area contributed by atoms with E-state index >= 15 is 0 Å². The zero-order valence-electron chi connectivity index (χ0n) is 46.9. The number of amides is 1. The summed E-state index contributed by atoms with van der Waals surface area (Å²) < 4.78 is 0. The Hall–Kier alpha value is -3.73. The molecule has 0 aliphatic heterocycles. The normalized spacial score (nSPS) is 13.9. The topological polar surface area (TPSA) is 69.6 Å². The van der Waals surface area contributed by atoms with E-state index in [-0.39, 0.29) is 12.5 Å². The van der Waals surface area contributed by atoms with Gasteiger partial charge >= 0.3 is 0 Å². The van der Waals surface area contributed by atoms with Crippen LogP contribution in [-0.4, -0.2) is 34.9 Å². The number of aliphatic hydroxyl groups is 2. The van der Waals surface area contributed by atoms with E-state index in [1.54, 1.807) is 6.08 Å². The van der Waals surface area contributed by atoms with Gasteiger partial charge in [-0.05, 0) is 109 Å². The quantitative estimate of drug-likeness (QED) is 0.0420. The maximum Gasteiger partial charge on any atom is 0.220 e. The molecule has 72 heavy (non-hydrogen) atoms. The lowest BCUT2D eigenvalue weighted by molar-refractivity contribution is -0.123. The number of hydrogen-bond donors (Lipinski definition) is 3. The molecule has 0 radical (unpaired) electrons. The molecule has 2 atom stereocenters. The van der Waals surface area contributed by atoms with Crippen molar-refractivity contribution in [2.45, 2.75) is 270 Å². The van der Waals surface area contributed by atoms with E-state index in [0.29, 0.717) is 6.42 Å². The summed E-state index contributed by atoms with van der Waals surface area (Å²) in [7, 11) is 0. The Bertz CT molecular complexity index is 1500. The summed E-state index contributed by atoms with van der Waals surface area (Å²) in [5.74, 6) is -0.103. The van der Waals surface area contributed by atoms with Crippen molar-refractivity contribution in [1.29, 1.82) is 0 Å². The smallest absolute Gasteiger partial charge is 0.220 e. The van der Waals surface area contributed by atoms with Crippen molar-refractivity contribution in [2.24, 2.45) is 0 Å². The van der Waals surface area contributed by atoms with Gasteiger partial charge in [0, 0.05) is 6.42 Å². The van der Waals surface area contributed by atoms with Gasteiger partial charge in [-0.1, -0.05) is 288 Å². The molecule has 4 heteroatoms. The fraction of sp³-hybridized carbons (Fsp3) is 0.632. The van der Waals surface area contributed by atoms with E-state index in [2.05, 4.69) is 153 Å². The third kappa shape index (κ3) is 57.2. The maximum absolute atomic E-state index is 12.5. The first-order chi connectivity index (χ1) is 35.7. The van der Waals surface area contributed by atoms with Crippen molar-refractivity contribution in [1.82, 2.24) is 5.32 Å². The van der Waals surface area contributed by atoms with Crippen molar-refractivity contribution >= 4 is 5.91 Å². The summed E-state index contributed by atoms with van der Waals surface area (Å²) in [4.78, 5) is 12.5. The molecule has 0 aromatic rings. The zero-order chi connectivity index (χ0) is 52.0. The lowest BCUT2D eigenvalue weighted by Gasteiger charge is -2.19. The second-order valence-corrected chi connectivity index (χ2v) is 19.7. The van der Waals surface area contributed by atoms with Crippen LogP contribution in [0.25, 0.3) is 0 Å². The van der Waals surface area contributed by atoms with Crippen molar-refractivity contribution in [3.63, 3.8) is 0 Å². The molecule has 0 aliphatic rings. The van der Waals surface area contributed by atoms with Crippen molar-refractivity contribution in [3.05, 3.63) is 146 Å². The summed E-state index contributed by atoms with van der Waals surface area (Å²) in [6.45, 7) is 4.18. The van der Waals surface area contributed by atoms with Crippen LogP contribution in [0.15, 0.2) is 146 Å². The van der Waals surface area contributed by atoms with Crippen LogP contribution >= 0.6 is 0 Å². The number of nitrogens with one attached hydrogen (secondary N) is 1. The van der Waals surface area contributed by atoms with Gasteiger partial charge in [0.2, 0.25) is 5.91 Å². The van der Waals surface area contributed by atoms with Crippen LogP contribution in [0.5, 0.6) is 0 Å². The molecule has 0 saturated carbocycles. The number of unbranched alkanes of at least 4 members (excludes halogenated alkanes) is 24. The minimum Gasteiger partial charge on any atom is -0.394 e. The molecule has 0 saturated heterocycles. The van der Waals surface area contributed by atoms with Gasteiger partial charge in [-0.25, -0.2) is 0 Å². The van der Waals surface area contributed by atoms with Crippen LogP contribution in [0.3, 0.4) is 0 Å². The van der Waals surface area contributed by atoms with E-state index in [1.807, 2.05) is 6.08 Å². The highest BCUT2D eigenvalue weighted by atomic mass is 16.3. The first kappa shape index (κ1) is 68.3. The molecule has 0 aromatic carbocycles. The second kappa shape index (κ2) is 61.6. The van der Waals surface area contributed by atoms with E-state index in [9.17, 15) is 15.0 Å². The molecule has 0 rings (SSSR count). The Morgan fingerprint density at radius 3 is 0.972 bits per heavy atom. The van der Waals surface area contributed by atoms with Crippen LogP contribution in [0.2, 0.25) is 0 Å². The fourth-order valence-corrected chi connectivity index (χ4v) is 8.28. The second-order valence-electron chi connectivity index (χ2n) is 19.7. The number of rotatable bonds is 53. The molecule has 0 aliphatic carbocycles. The molecular formula is C68H113NO3. The first-order valence-corrected chi connectivity index (χ1v) is 30.0. The standard InChI is InChI=1S/C68H113NO3/c1-3-5-7-9-11-13-15-17-19-21-23-25-27-29-30-31-32-33-34-35-36-37-38-40-42-44-46-48-50-52-54-56-58-60-62-64-68(72)69-66(65-70)67(71)63-61-59-57-55-53-51-49-47-45-43-41-39-28-26-24-22-20-18-16-14-12-10-8-6-4-2/h5,7,11,13,17,19,23,25,29-30,32-33,35-36,38,40,44,46,50,52-53,55,61,63,66-67,70-71H,3-4,6,8-10,12,14-16,18,20-22,24,26-28,31,34,37,39,41-43,45,47-49,51,54,56-60,62,64-65H2,1-2H3,(H,69,72)/b7-5-,13-11-,19-17-,25-23-,30-29-,33-32-,36-35-,40-38-,46-44-,52-50-,55-53+,63-61+. The van der Waals surface area contributed by atoms with Crippen LogP contribution < -0.4 is 5.32 Å². The SMILES string of the molecule is CC/C=C\C/C=C\C/C=C\C/C=C\C/C=C\C/C=C\C/C=C\C/C=C\C/C=C\C/C=C\CCCCCCC(=O)NC(CO)C(O)/C=C/CC/C=C/CCCCCCCCCCCCCCCCCCCCC. The molecule has 3 N–H and O–H groups in total. The summed E-state index contributed by atoms with van der Waals surface area (Å²) >= 11 is 0. The largest absolute Gasteiger partial charge is 0.394 e. The molecule has 0 fully saturated rings. The van der Waals surface area contributed by atoms with E-state index in [0.717, 1.165) is 116 Å². The minimum absolute atomic E-state index is 0.103. The summed E-state index contributed by atoms with van der Waals surface area (Å²) in [6, 6.07) is -0.666. The summed E-state index contributed by atoms with van der Waals surface area (Å²) in [5.41, 5.74) is 0. The van der Waals surface area contributed by atoms with E-state index in [4.69, 9.17) is 0 Å². The fourth-order valence-electron chi connectivity index (χ4n) is 8.28. The summed E-state index contributed by atoms with van der Waals surface area (Å²) in [6.07, 6.45) is 97.3. The van der Waals surface area contributed by atoms with Gasteiger partial charge in [-0.15, -0.1) is 0 Å². The van der Waals surface area contributed by atoms with Crippen LogP contribution in [0, 0.1) is 0 Å². The predicted octanol–water partition coefficient (Wildman–Crippen LogP) is 20.4. The van der Waals surface area contributed by atoms with Gasteiger partial charge in [0.15, 0.2) is 0 Å².